The number of ketones is 1. The van der Waals surface area contributed by atoms with E-state index in [1.54, 1.807) is 55.1 Å². The van der Waals surface area contributed by atoms with Crippen molar-refractivity contribution in [3.8, 4) is 0 Å². The van der Waals surface area contributed by atoms with E-state index in [1.807, 2.05) is 29.8 Å². The van der Waals surface area contributed by atoms with Crippen LogP contribution in [0.4, 0.5) is 5.95 Å². The zero-order chi connectivity index (χ0) is 45.7. The summed E-state index contributed by atoms with van der Waals surface area (Å²) in [5.41, 5.74) is 2.62. The number of sulfonamides is 1. The van der Waals surface area contributed by atoms with E-state index in [2.05, 4.69) is 40.4 Å². The van der Waals surface area contributed by atoms with Gasteiger partial charge in [0.25, 0.3) is 5.91 Å². The van der Waals surface area contributed by atoms with Crippen molar-refractivity contribution >= 4 is 44.5 Å². The number of hydrogen-bond donors (Lipinski definition) is 7. The Kier molecular flexibility index (Phi) is 17.9. The van der Waals surface area contributed by atoms with Gasteiger partial charge in [-0.3, -0.25) is 33.9 Å². The lowest BCUT2D eigenvalue weighted by molar-refractivity contribution is -0.122. The Morgan fingerprint density at radius 3 is 2.14 bits per heavy atom. The summed E-state index contributed by atoms with van der Waals surface area (Å²) in [4.78, 5) is 69.0. The molecule has 1 aliphatic rings. The number of anilines is 1. The maximum atomic E-state index is 13.9. The zero-order valence-electron chi connectivity index (χ0n) is 36.9. The topological polar surface area (TPSA) is 238 Å². The fraction of sp³-hybridized carbons (Fsp3) is 0.512. The Bertz CT molecular complexity index is 2330. The van der Waals surface area contributed by atoms with Crippen molar-refractivity contribution in [3.05, 3.63) is 87.0 Å². The number of carbonyl (C=O) groups is 3. The van der Waals surface area contributed by atoms with Gasteiger partial charge in [0.05, 0.1) is 36.5 Å². The second-order valence-corrected chi connectivity index (χ2v) is 17.9. The Morgan fingerprint density at radius 1 is 0.889 bits per heavy atom. The molecule has 0 saturated carbocycles. The highest BCUT2D eigenvalue weighted by atomic mass is 32.2. The lowest BCUT2D eigenvalue weighted by Crippen LogP contribution is -2.48. The van der Waals surface area contributed by atoms with Crippen molar-refractivity contribution < 1.29 is 33.0 Å². The van der Waals surface area contributed by atoms with Gasteiger partial charge in [-0.05, 0) is 70.0 Å². The van der Waals surface area contributed by atoms with E-state index >= 15 is 0 Å². The minimum absolute atomic E-state index is 0.0503. The first-order chi connectivity index (χ1) is 30.1. The lowest BCUT2D eigenvalue weighted by Gasteiger charge is -2.31. The van der Waals surface area contributed by atoms with E-state index in [0.717, 1.165) is 24.2 Å². The van der Waals surface area contributed by atoms with Crippen molar-refractivity contribution in [2.24, 2.45) is 0 Å². The minimum atomic E-state index is -4.16. The third-order valence-electron chi connectivity index (χ3n) is 11.2. The third-order valence-corrected chi connectivity index (χ3v) is 13.0. The summed E-state index contributed by atoms with van der Waals surface area (Å²) in [6, 6.07) is 7.47. The second-order valence-electron chi connectivity index (χ2n) is 16.2. The van der Waals surface area contributed by atoms with Crippen LogP contribution in [0.2, 0.25) is 0 Å². The number of carbonyl (C=O) groups excluding carboxylic acids is 3. The lowest BCUT2D eigenvalue weighted by atomic mass is 10.1. The second kappa shape index (κ2) is 23.0. The Morgan fingerprint density at radius 2 is 1.52 bits per heavy atom. The van der Waals surface area contributed by atoms with Crippen LogP contribution in [0.15, 0.2) is 58.6 Å². The molecule has 20 heteroatoms. The number of nitrogens with one attached hydrogen (secondary N) is 5. The molecule has 2 aromatic carbocycles. The molecular formula is C43H63N11O8S. The normalized spacial score (nSPS) is 16.0. The first-order valence-electron chi connectivity index (χ1n) is 21.2. The predicted octanol–water partition coefficient (Wildman–Crippen LogP) is 0.185. The number of hydrogen-bond acceptors (Lipinski definition) is 14. The number of H-pyrrole nitrogens is 1. The van der Waals surface area contributed by atoms with Gasteiger partial charge in [-0.25, -0.2) is 13.4 Å². The SMILES string of the molecule is CC(=O)C(CNC(=O)c1cn(CCCNC(=O)CN2CCN(C)CCN(CO)CCN(CO)CC2)c2cc(CNc3ncc[nH]3)ccc2c1=O)NS(=O)(=O)c1c(C)cc(C)cc1C. The Hall–Kier alpha value is -5.06. The third kappa shape index (κ3) is 14.0. The maximum absolute atomic E-state index is 13.9. The Balaban J connectivity index is 1.29. The Labute approximate surface area is 368 Å². The van der Waals surface area contributed by atoms with Crippen molar-refractivity contribution in [2.45, 2.75) is 58.1 Å². The molecule has 4 aromatic rings. The molecule has 2 amide bonds. The average Bonchev–Trinajstić information content (AvgIpc) is 3.76. The highest BCUT2D eigenvalue weighted by Gasteiger charge is 2.27. The van der Waals surface area contributed by atoms with Crippen molar-refractivity contribution in [1.82, 2.24) is 49.5 Å². The van der Waals surface area contributed by atoms with Crippen LogP contribution < -0.4 is 26.1 Å². The van der Waals surface area contributed by atoms with Gasteiger partial charge in [-0.15, -0.1) is 0 Å². The fourth-order valence-electron chi connectivity index (χ4n) is 7.65. The fourth-order valence-corrected chi connectivity index (χ4v) is 9.36. The molecule has 344 valence electrons. The summed E-state index contributed by atoms with van der Waals surface area (Å²) < 4.78 is 31.2. The van der Waals surface area contributed by atoms with Gasteiger partial charge in [0.2, 0.25) is 21.4 Å². The van der Waals surface area contributed by atoms with E-state index in [4.69, 9.17) is 0 Å². The summed E-state index contributed by atoms with van der Waals surface area (Å²) in [5, 5.41) is 28.8. The van der Waals surface area contributed by atoms with Crippen molar-refractivity contribution in [1.29, 1.82) is 0 Å². The molecule has 19 nitrogen and oxygen atoms in total. The first-order valence-corrected chi connectivity index (χ1v) is 22.7. The van der Waals surface area contributed by atoms with Crippen LogP contribution in [0.5, 0.6) is 0 Å². The van der Waals surface area contributed by atoms with E-state index in [1.165, 1.54) is 13.1 Å². The van der Waals surface area contributed by atoms with Crippen LogP contribution in [0, 0.1) is 20.8 Å². The van der Waals surface area contributed by atoms with Crippen molar-refractivity contribution in [2.75, 3.05) is 97.8 Å². The number of aliphatic hydroxyl groups excluding tert-OH is 2. The highest BCUT2D eigenvalue weighted by Crippen LogP contribution is 2.22. The standard InChI is InChI=1S/C43H63N11O8S/c1-30-21-31(2)41(32(3)22-30)63(61,62)49-37(33(4)57)25-47-42(60)36-26-54(38-23-34(7-8-35(38)40(36)59)24-48-43-45-10-11-46-43)12-6-9-44-39(58)27-51-15-13-50(5)14-16-52(28-55)19-20-53(29-56)18-17-51/h7-8,10-11,21-23,26,37,49,55-56H,6,9,12-20,24-25,27-29H2,1-5H3,(H,44,58)(H,47,60)(H2,45,46,48). The largest absolute Gasteiger partial charge is 0.381 e. The van der Waals surface area contributed by atoms with E-state index in [9.17, 15) is 37.8 Å². The first kappa shape index (κ1) is 49.0. The quantitative estimate of drug-likeness (QED) is 0.0661. The number of fused-ring (bicyclic) bond motifs is 1. The van der Waals surface area contributed by atoms with Gasteiger partial charge in [0.15, 0.2) is 5.95 Å². The molecule has 1 atom stereocenters. The number of pyridine rings is 1. The molecule has 7 N–H and O–H groups in total. The number of aryl methyl sites for hydroxylation is 4. The van der Waals surface area contributed by atoms with Crippen LogP contribution in [0.1, 0.15) is 46.0 Å². The molecule has 1 aliphatic heterocycles. The number of rotatable bonds is 18. The molecule has 0 bridgehead atoms. The minimum Gasteiger partial charge on any atom is -0.381 e. The molecule has 0 spiro atoms. The molecule has 1 unspecified atom stereocenters. The number of aromatic amines is 1. The van der Waals surface area contributed by atoms with Crippen LogP contribution in [0.3, 0.4) is 0 Å². The highest BCUT2D eigenvalue weighted by molar-refractivity contribution is 7.89. The van der Waals surface area contributed by atoms with Crippen LogP contribution in [0.25, 0.3) is 10.9 Å². The summed E-state index contributed by atoms with van der Waals surface area (Å²) in [6.45, 7) is 12.2. The number of imidazole rings is 1. The summed E-state index contributed by atoms with van der Waals surface area (Å²) in [6.07, 6.45) is 5.23. The van der Waals surface area contributed by atoms with E-state index in [-0.39, 0.29) is 41.8 Å². The zero-order valence-corrected chi connectivity index (χ0v) is 37.8. The molecule has 1 saturated heterocycles. The molecule has 5 rings (SSSR count). The van der Waals surface area contributed by atoms with Gasteiger partial charge in [0, 0.05) is 103 Å². The van der Waals surface area contributed by atoms with Gasteiger partial charge in [-0.2, -0.15) is 4.72 Å². The molecule has 3 heterocycles. The number of Topliss-reactive ketones (excluding diaryl/α,β-unsaturated/α-hetero) is 1. The monoisotopic (exact) mass is 893 g/mol. The molecule has 63 heavy (non-hydrogen) atoms. The molecule has 2 aromatic heterocycles. The molecule has 0 radical (unpaired) electrons. The van der Waals surface area contributed by atoms with Crippen molar-refractivity contribution in [3.63, 3.8) is 0 Å². The smallest absolute Gasteiger partial charge is 0.256 e. The number of aromatic nitrogens is 3. The molecular weight excluding hydrogens is 831 g/mol. The number of aliphatic hydroxyl groups is 2. The number of benzene rings is 2. The predicted molar refractivity (Wildman–Crippen MR) is 241 cm³/mol. The van der Waals surface area contributed by atoms with Crippen LogP contribution >= 0.6 is 0 Å². The average molecular weight is 894 g/mol. The van der Waals surface area contributed by atoms with Gasteiger partial charge < -0.3 is 40.6 Å². The van der Waals surface area contributed by atoms with E-state index < -0.39 is 39.7 Å². The number of nitrogens with zero attached hydrogens (tertiary/aromatic N) is 6. The van der Waals surface area contributed by atoms with Gasteiger partial charge >= 0.3 is 0 Å². The maximum Gasteiger partial charge on any atom is 0.256 e. The van der Waals surface area contributed by atoms with Gasteiger partial charge in [-0.1, -0.05) is 23.8 Å². The molecule has 1 fully saturated rings. The number of likely N-dealkylation sites (N-methyl/N-ethyl adjacent to an activating group) is 1. The van der Waals surface area contributed by atoms with Crippen LogP contribution in [-0.2, 0) is 32.7 Å². The molecule has 0 aliphatic carbocycles. The summed E-state index contributed by atoms with van der Waals surface area (Å²) in [7, 11) is -2.15. The van der Waals surface area contributed by atoms with Crippen LogP contribution in [-0.4, -0.2) is 169 Å². The van der Waals surface area contributed by atoms with E-state index in [0.29, 0.717) is 87.9 Å². The summed E-state index contributed by atoms with van der Waals surface area (Å²) >= 11 is 0. The number of amides is 2. The van der Waals surface area contributed by atoms with Gasteiger partial charge in [0.1, 0.15) is 11.3 Å². The summed E-state index contributed by atoms with van der Waals surface area (Å²) in [5.74, 6) is -0.882.